The van der Waals surface area contributed by atoms with Gasteiger partial charge in [0, 0.05) is 17.6 Å². The highest BCUT2D eigenvalue weighted by atomic mass is 35.5. The molecular formula is C13H19ClN2. The zero-order valence-electron chi connectivity index (χ0n) is 9.75. The average molecular weight is 239 g/mol. The van der Waals surface area contributed by atoms with Gasteiger partial charge in [0.15, 0.2) is 0 Å². The van der Waals surface area contributed by atoms with Gasteiger partial charge in [-0.1, -0.05) is 23.7 Å². The first-order chi connectivity index (χ1) is 7.66. The van der Waals surface area contributed by atoms with Crippen LogP contribution in [0.5, 0.6) is 0 Å². The molecule has 1 aromatic rings. The number of rotatable bonds is 2. The van der Waals surface area contributed by atoms with Crippen LogP contribution in [0.2, 0.25) is 5.02 Å². The van der Waals surface area contributed by atoms with E-state index in [2.05, 4.69) is 17.9 Å². The molecule has 1 fully saturated rings. The summed E-state index contributed by atoms with van der Waals surface area (Å²) in [7, 11) is 0. The van der Waals surface area contributed by atoms with E-state index >= 15 is 0 Å². The van der Waals surface area contributed by atoms with Gasteiger partial charge in [-0.3, -0.25) is 4.90 Å². The van der Waals surface area contributed by atoms with Crippen molar-refractivity contribution in [2.24, 2.45) is 5.73 Å². The predicted octanol–water partition coefficient (Wildman–Crippen LogP) is 2.57. The van der Waals surface area contributed by atoms with E-state index in [1.807, 2.05) is 12.1 Å². The molecule has 0 amide bonds. The lowest BCUT2D eigenvalue weighted by Gasteiger charge is -2.30. The van der Waals surface area contributed by atoms with E-state index in [0.29, 0.717) is 6.04 Å². The summed E-state index contributed by atoms with van der Waals surface area (Å²) in [4.78, 5) is 2.46. The quantitative estimate of drug-likeness (QED) is 0.858. The summed E-state index contributed by atoms with van der Waals surface area (Å²) in [6.45, 7) is 5.30. The summed E-state index contributed by atoms with van der Waals surface area (Å²) >= 11 is 6.12. The summed E-state index contributed by atoms with van der Waals surface area (Å²) in [6, 6.07) is 6.54. The Morgan fingerprint density at radius 1 is 1.38 bits per heavy atom. The van der Waals surface area contributed by atoms with E-state index in [0.717, 1.165) is 37.5 Å². The zero-order chi connectivity index (χ0) is 11.5. The summed E-state index contributed by atoms with van der Waals surface area (Å²) in [5.41, 5.74) is 8.44. The van der Waals surface area contributed by atoms with E-state index in [4.69, 9.17) is 17.3 Å². The van der Waals surface area contributed by atoms with Crippen LogP contribution in [0.1, 0.15) is 24.0 Å². The third-order valence-electron chi connectivity index (χ3n) is 3.41. The number of halogens is 1. The fourth-order valence-electron chi connectivity index (χ4n) is 2.18. The summed E-state index contributed by atoms with van der Waals surface area (Å²) in [6.07, 6.45) is 2.22. The van der Waals surface area contributed by atoms with Gasteiger partial charge in [-0.25, -0.2) is 0 Å². The fourth-order valence-corrected chi connectivity index (χ4v) is 2.37. The van der Waals surface area contributed by atoms with Crippen molar-refractivity contribution in [1.29, 1.82) is 0 Å². The highest BCUT2D eigenvalue weighted by Gasteiger charge is 2.16. The highest BCUT2D eigenvalue weighted by Crippen LogP contribution is 2.21. The Morgan fingerprint density at radius 3 is 2.75 bits per heavy atom. The van der Waals surface area contributed by atoms with Gasteiger partial charge in [0.1, 0.15) is 0 Å². The number of likely N-dealkylation sites (tertiary alicyclic amines) is 1. The van der Waals surface area contributed by atoms with Gasteiger partial charge in [0.05, 0.1) is 0 Å². The van der Waals surface area contributed by atoms with Crippen LogP contribution in [0.4, 0.5) is 0 Å². The highest BCUT2D eigenvalue weighted by molar-refractivity contribution is 6.31. The van der Waals surface area contributed by atoms with Crippen molar-refractivity contribution in [2.45, 2.75) is 32.4 Å². The molecule has 16 heavy (non-hydrogen) atoms. The lowest BCUT2D eigenvalue weighted by atomic mass is 10.0. The Hall–Kier alpha value is -0.570. The molecule has 2 rings (SSSR count). The van der Waals surface area contributed by atoms with Gasteiger partial charge in [-0.05, 0) is 50.0 Å². The van der Waals surface area contributed by atoms with Crippen molar-refractivity contribution in [3.05, 3.63) is 34.3 Å². The normalized spacial score (nSPS) is 18.9. The Kier molecular flexibility index (Phi) is 3.85. The van der Waals surface area contributed by atoms with E-state index in [1.54, 1.807) is 0 Å². The molecule has 1 saturated heterocycles. The molecule has 2 nitrogen and oxygen atoms in total. The average Bonchev–Trinajstić information content (AvgIpc) is 2.28. The van der Waals surface area contributed by atoms with Gasteiger partial charge < -0.3 is 5.73 Å². The standard InChI is InChI=1S/C13H19ClN2/c1-10-11(3-2-4-13(10)14)9-16-7-5-12(15)6-8-16/h2-4,12H,5-9,15H2,1H3. The van der Waals surface area contributed by atoms with Crippen molar-refractivity contribution >= 4 is 11.6 Å². The van der Waals surface area contributed by atoms with E-state index in [-0.39, 0.29) is 0 Å². The predicted molar refractivity (Wildman–Crippen MR) is 68.7 cm³/mol. The molecule has 1 heterocycles. The monoisotopic (exact) mass is 238 g/mol. The number of piperidine rings is 1. The van der Waals surface area contributed by atoms with Gasteiger partial charge in [-0.2, -0.15) is 0 Å². The van der Waals surface area contributed by atoms with E-state index < -0.39 is 0 Å². The molecule has 3 heteroatoms. The van der Waals surface area contributed by atoms with Crippen LogP contribution >= 0.6 is 11.6 Å². The van der Waals surface area contributed by atoms with E-state index in [9.17, 15) is 0 Å². The number of benzene rings is 1. The summed E-state index contributed by atoms with van der Waals surface area (Å²) in [5, 5.41) is 0.867. The Balaban J connectivity index is 2.01. The molecule has 0 spiro atoms. The zero-order valence-corrected chi connectivity index (χ0v) is 10.5. The van der Waals surface area contributed by atoms with Crippen LogP contribution in [-0.4, -0.2) is 24.0 Å². The van der Waals surface area contributed by atoms with Crippen LogP contribution in [-0.2, 0) is 6.54 Å². The lowest BCUT2D eigenvalue weighted by molar-refractivity contribution is 0.205. The maximum atomic E-state index is 6.12. The second-order valence-corrected chi connectivity index (χ2v) is 5.04. The second-order valence-electron chi connectivity index (χ2n) is 4.64. The minimum Gasteiger partial charge on any atom is -0.328 e. The van der Waals surface area contributed by atoms with Gasteiger partial charge >= 0.3 is 0 Å². The van der Waals surface area contributed by atoms with Crippen LogP contribution in [0, 0.1) is 6.92 Å². The molecule has 0 saturated carbocycles. The van der Waals surface area contributed by atoms with Crippen molar-refractivity contribution in [3.8, 4) is 0 Å². The smallest absolute Gasteiger partial charge is 0.0438 e. The second kappa shape index (κ2) is 5.17. The summed E-state index contributed by atoms with van der Waals surface area (Å²) in [5.74, 6) is 0. The van der Waals surface area contributed by atoms with Crippen LogP contribution < -0.4 is 5.73 Å². The third kappa shape index (κ3) is 2.76. The van der Waals surface area contributed by atoms with Gasteiger partial charge in [0.2, 0.25) is 0 Å². The van der Waals surface area contributed by atoms with Gasteiger partial charge in [-0.15, -0.1) is 0 Å². The molecule has 1 aliphatic rings. The topological polar surface area (TPSA) is 29.3 Å². The molecule has 1 aliphatic heterocycles. The first kappa shape index (κ1) is 11.9. The maximum absolute atomic E-state index is 6.12. The fraction of sp³-hybridized carbons (Fsp3) is 0.538. The van der Waals surface area contributed by atoms with Crippen LogP contribution in [0.25, 0.3) is 0 Å². The third-order valence-corrected chi connectivity index (χ3v) is 3.82. The number of hydrogen-bond donors (Lipinski definition) is 1. The summed E-state index contributed by atoms with van der Waals surface area (Å²) < 4.78 is 0. The van der Waals surface area contributed by atoms with Crippen molar-refractivity contribution < 1.29 is 0 Å². The largest absolute Gasteiger partial charge is 0.328 e. The molecule has 88 valence electrons. The molecule has 0 bridgehead atoms. The van der Waals surface area contributed by atoms with Crippen LogP contribution in [0.3, 0.4) is 0 Å². The minimum absolute atomic E-state index is 0.400. The van der Waals surface area contributed by atoms with Crippen molar-refractivity contribution in [3.63, 3.8) is 0 Å². The molecule has 0 aromatic heterocycles. The first-order valence-electron chi connectivity index (χ1n) is 5.89. The minimum atomic E-state index is 0.400. The van der Waals surface area contributed by atoms with Crippen molar-refractivity contribution in [2.75, 3.05) is 13.1 Å². The lowest BCUT2D eigenvalue weighted by Crippen LogP contribution is -2.39. The van der Waals surface area contributed by atoms with Crippen molar-refractivity contribution in [1.82, 2.24) is 4.90 Å². The Bertz CT molecular complexity index is 357. The molecule has 0 aliphatic carbocycles. The Morgan fingerprint density at radius 2 is 2.06 bits per heavy atom. The SMILES string of the molecule is Cc1c(Cl)cccc1CN1CCC(N)CC1. The van der Waals surface area contributed by atoms with Gasteiger partial charge in [0.25, 0.3) is 0 Å². The number of nitrogens with two attached hydrogens (primary N) is 1. The molecule has 2 N–H and O–H groups in total. The number of nitrogens with zero attached hydrogens (tertiary/aromatic N) is 1. The van der Waals surface area contributed by atoms with E-state index in [1.165, 1.54) is 11.1 Å². The first-order valence-corrected chi connectivity index (χ1v) is 6.26. The molecule has 1 aromatic carbocycles. The molecule has 0 unspecified atom stereocenters. The molecular weight excluding hydrogens is 220 g/mol. The van der Waals surface area contributed by atoms with Crippen LogP contribution in [0.15, 0.2) is 18.2 Å². The Labute approximate surface area is 102 Å². The molecule has 0 atom stereocenters. The maximum Gasteiger partial charge on any atom is 0.0438 e. The number of hydrogen-bond acceptors (Lipinski definition) is 2. The molecule has 0 radical (unpaired) electrons.